The number of carbonyl (C=O) groups is 2. The van der Waals surface area contributed by atoms with Gasteiger partial charge in [0.25, 0.3) is 11.5 Å². The van der Waals surface area contributed by atoms with Crippen molar-refractivity contribution in [3.05, 3.63) is 80.5 Å². The van der Waals surface area contributed by atoms with Gasteiger partial charge in [0.2, 0.25) is 10.0 Å². The lowest BCUT2D eigenvalue weighted by molar-refractivity contribution is -0.137. The van der Waals surface area contributed by atoms with Crippen LogP contribution in [-0.2, 0) is 39.2 Å². The van der Waals surface area contributed by atoms with Gasteiger partial charge in [-0.2, -0.15) is 0 Å². The van der Waals surface area contributed by atoms with Gasteiger partial charge in [0, 0.05) is 28.4 Å². The lowest BCUT2D eigenvalue weighted by atomic mass is 10.1. The lowest BCUT2D eigenvalue weighted by Gasteiger charge is -2.13. The van der Waals surface area contributed by atoms with Gasteiger partial charge in [-0.3, -0.25) is 19.0 Å². The Balaban J connectivity index is 1.90. The Morgan fingerprint density at radius 1 is 1.07 bits per heavy atom. The first-order valence-electron chi connectivity index (χ1n) is 13.5. The van der Waals surface area contributed by atoms with Gasteiger partial charge in [-0.25, -0.2) is 22.5 Å². The predicted octanol–water partition coefficient (Wildman–Crippen LogP) is 2.70. The summed E-state index contributed by atoms with van der Waals surface area (Å²) in [7, 11) is -3.69. The van der Waals surface area contributed by atoms with Crippen molar-refractivity contribution in [1.29, 1.82) is 0 Å². The van der Waals surface area contributed by atoms with E-state index in [-0.39, 0.29) is 35.8 Å². The molecular formula is C29H32N4O8S3. The summed E-state index contributed by atoms with van der Waals surface area (Å²) in [5.74, 6) is -1.20. The topological polar surface area (TPSA) is 166 Å². The number of carbonyl (C=O) groups excluding carboxylic acids is 1. The van der Waals surface area contributed by atoms with E-state index in [1.165, 1.54) is 16.3 Å². The van der Waals surface area contributed by atoms with E-state index in [4.69, 9.17) is 4.74 Å². The molecule has 44 heavy (non-hydrogen) atoms. The highest BCUT2D eigenvalue weighted by atomic mass is 32.2. The van der Waals surface area contributed by atoms with Gasteiger partial charge in [0.1, 0.15) is 17.1 Å². The van der Waals surface area contributed by atoms with E-state index >= 15 is 0 Å². The molecule has 12 nitrogen and oxygen atoms in total. The number of hydrogen-bond donors (Lipinski definition) is 3. The molecule has 234 valence electrons. The molecule has 0 fully saturated rings. The minimum absolute atomic E-state index is 0.0524. The molecule has 0 radical (unpaired) electrons. The maximum atomic E-state index is 13.7. The first kappa shape index (κ1) is 33.0. The Bertz CT molecular complexity index is 1910. The first-order chi connectivity index (χ1) is 20.9. The van der Waals surface area contributed by atoms with Crippen molar-refractivity contribution < 1.29 is 27.9 Å². The molecule has 4 rings (SSSR count). The Morgan fingerprint density at radius 3 is 2.41 bits per heavy atom. The monoisotopic (exact) mass is 660 g/mol. The number of nitrogens with zero attached hydrogens (tertiary/aromatic N) is 2. The molecule has 2 aromatic heterocycles. The molecule has 0 aliphatic carbocycles. The van der Waals surface area contributed by atoms with Gasteiger partial charge in [0.05, 0.1) is 18.2 Å². The SMILES string of the molecule is CCCNC(=O)COc1ccc(-c2sc3c(c2CNS(C)(=O)=O)c(=O)n(CC(=O)O)c(=O)n3Cc2ccccc2SC)cc1. The lowest BCUT2D eigenvalue weighted by Crippen LogP contribution is -2.41. The number of aliphatic carboxylic acids is 1. The van der Waals surface area contributed by atoms with Crippen molar-refractivity contribution in [2.75, 3.05) is 25.7 Å². The standard InChI is InChI=1S/C29H32N4O8S3/c1-4-13-30-23(34)17-41-20-11-9-18(10-12-20)26-21(14-31-44(3,39)40)25-27(37)32(16-24(35)36)29(38)33(28(25)43-26)15-19-7-5-6-8-22(19)42-2/h5-12,31H,4,13-17H2,1-3H3,(H,30,34)(H,35,36). The van der Waals surface area contributed by atoms with Crippen LogP contribution >= 0.6 is 23.1 Å². The summed E-state index contributed by atoms with van der Waals surface area (Å²) in [4.78, 5) is 52.7. The molecule has 15 heteroatoms. The van der Waals surface area contributed by atoms with Gasteiger partial charge in [-0.1, -0.05) is 25.1 Å². The zero-order valence-electron chi connectivity index (χ0n) is 24.3. The average Bonchev–Trinajstić information content (AvgIpc) is 3.37. The summed E-state index contributed by atoms with van der Waals surface area (Å²) in [5, 5.41) is 12.3. The third-order valence-corrected chi connectivity index (χ3v) is 9.35. The Kier molecular flexibility index (Phi) is 10.7. The molecule has 0 saturated heterocycles. The molecule has 0 atom stereocenters. The fourth-order valence-electron chi connectivity index (χ4n) is 4.51. The van der Waals surface area contributed by atoms with Crippen molar-refractivity contribution in [3.63, 3.8) is 0 Å². The number of thioether (sulfide) groups is 1. The summed E-state index contributed by atoms with van der Waals surface area (Å²) in [6, 6.07) is 14.1. The van der Waals surface area contributed by atoms with E-state index in [2.05, 4.69) is 10.0 Å². The van der Waals surface area contributed by atoms with Gasteiger partial charge in [-0.15, -0.1) is 23.1 Å². The molecule has 3 N–H and O–H groups in total. The second-order valence-corrected chi connectivity index (χ2v) is 13.5. The Hall–Kier alpha value is -3.92. The molecule has 2 heterocycles. The molecule has 0 aliphatic heterocycles. The van der Waals surface area contributed by atoms with Crippen molar-refractivity contribution in [1.82, 2.24) is 19.2 Å². The molecule has 0 unspecified atom stereocenters. The molecule has 4 aromatic rings. The van der Waals surface area contributed by atoms with E-state index in [0.29, 0.717) is 32.9 Å². The number of thiophene rings is 1. The van der Waals surface area contributed by atoms with Crippen LogP contribution < -0.4 is 26.0 Å². The second kappa shape index (κ2) is 14.2. The number of nitrogens with one attached hydrogen (secondary N) is 2. The summed E-state index contributed by atoms with van der Waals surface area (Å²) < 4.78 is 34.2. The number of carboxylic acids is 1. The van der Waals surface area contributed by atoms with Crippen molar-refractivity contribution in [2.24, 2.45) is 0 Å². The number of carboxylic acid groups (broad SMARTS) is 1. The highest BCUT2D eigenvalue weighted by Crippen LogP contribution is 2.38. The molecule has 1 amide bonds. The van der Waals surface area contributed by atoms with Gasteiger partial charge in [0.15, 0.2) is 6.61 Å². The van der Waals surface area contributed by atoms with E-state index in [1.54, 1.807) is 24.3 Å². The first-order valence-corrected chi connectivity index (χ1v) is 17.4. The van der Waals surface area contributed by atoms with Crippen LogP contribution in [0, 0.1) is 0 Å². The summed E-state index contributed by atoms with van der Waals surface area (Å²) in [5.41, 5.74) is 0.0826. The number of amides is 1. The molecule has 2 aromatic carbocycles. The third kappa shape index (κ3) is 7.77. The van der Waals surface area contributed by atoms with Crippen LogP contribution in [0.15, 0.2) is 63.0 Å². The number of fused-ring (bicyclic) bond motifs is 1. The Morgan fingerprint density at radius 2 is 1.77 bits per heavy atom. The van der Waals surface area contributed by atoms with Crippen LogP contribution in [0.2, 0.25) is 0 Å². The average molecular weight is 661 g/mol. The van der Waals surface area contributed by atoms with E-state index in [1.807, 2.05) is 37.4 Å². The maximum absolute atomic E-state index is 13.7. The second-order valence-electron chi connectivity index (χ2n) is 9.81. The fourth-order valence-corrected chi connectivity index (χ4v) is 6.83. The number of ether oxygens (including phenoxy) is 1. The highest BCUT2D eigenvalue weighted by Gasteiger charge is 2.25. The van der Waals surface area contributed by atoms with Crippen molar-refractivity contribution in [2.45, 2.75) is 37.9 Å². The number of rotatable bonds is 14. The van der Waals surface area contributed by atoms with Crippen LogP contribution in [0.4, 0.5) is 0 Å². The van der Waals surface area contributed by atoms with Crippen molar-refractivity contribution >= 4 is 55.2 Å². The Labute approximate surface area is 261 Å². The smallest absolute Gasteiger partial charge is 0.332 e. The molecule has 0 bridgehead atoms. The van der Waals surface area contributed by atoms with E-state index < -0.39 is 33.8 Å². The normalized spacial score (nSPS) is 11.5. The van der Waals surface area contributed by atoms with Crippen LogP contribution in [0.25, 0.3) is 20.7 Å². The minimum atomic E-state index is -3.69. The third-order valence-electron chi connectivity index (χ3n) is 6.54. The van der Waals surface area contributed by atoms with Crippen LogP contribution in [0.3, 0.4) is 0 Å². The summed E-state index contributed by atoms with van der Waals surface area (Å²) in [6.07, 6.45) is 3.68. The quantitative estimate of drug-likeness (QED) is 0.172. The zero-order valence-corrected chi connectivity index (χ0v) is 26.7. The predicted molar refractivity (Wildman–Crippen MR) is 171 cm³/mol. The van der Waals surface area contributed by atoms with Gasteiger partial charge < -0.3 is 15.2 Å². The fraction of sp³-hybridized carbons (Fsp3) is 0.310. The molecule has 0 saturated carbocycles. The van der Waals surface area contributed by atoms with Crippen LogP contribution in [0.1, 0.15) is 24.5 Å². The number of sulfonamides is 1. The van der Waals surface area contributed by atoms with Crippen LogP contribution in [-0.4, -0.2) is 60.2 Å². The number of benzene rings is 2. The largest absolute Gasteiger partial charge is 0.484 e. The highest BCUT2D eigenvalue weighted by molar-refractivity contribution is 7.98. The number of aromatic nitrogens is 2. The zero-order chi connectivity index (χ0) is 32.0. The van der Waals surface area contributed by atoms with E-state index in [9.17, 15) is 32.7 Å². The van der Waals surface area contributed by atoms with Crippen LogP contribution in [0.5, 0.6) is 5.75 Å². The van der Waals surface area contributed by atoms with Crippen molar-refractivity contribution in [3.8, 4) is 16.2 Å². The minimum Gasteiger partial charge on any atom is -0.484 e. The molecular weight excluding hydrogens is 629 g/mol. The van der Waals surface area contributed by atoms with Gasteiger partial charge in [-0.05, 0) is 54.1 Å². The van der Waals surface area contributed by atoms with E-state index in [0.717, 1.165) is 34.5 Å². The molecule has 0 aliphatic rings. The number of hydrogen-bond acceptors (Lipinski definition) is 9. The van der Waals surface area contributed by atoms with Gasteiger partial charge >= 0.3 is 11.7 Å². The molecule has 0 spiro atoms. The maximum Gasteiger partial charge on any atom is 0.332 e. The summed E-state index contributed by atoms with van der Waals surface area (Å²) >= 11 is 2.61. The summed E-state index contributed by atoms with van der Waals surface area (Å²) in [6.45, 7) is 1.24.